The van der Waals surface area contributed by atoms with Gasteiger partial charge in [-0.3, -0.25) is 4.79 Å². The van der Waals surface area contributed by atoms with Gasteiger partial charge in [0.05, 0.1) is 4.88 Å². The van der Waals surface area contributed by atoms with Gasteiger partial charge in [-0.2, -0.15) is 0 Å². The summed E-state index contributed by atoms with van der Waals surface area (Å²) in [5, 5.41) is 0. The minimum absolute atomic E-state index is 0.0286. The molecule has 0 aliphatic carbocycles. The van der Waals surface area contributed by atoms with E-state index in [0.29, 0.717) is 23.7 Å². The van der Waals surface area contributed by atoms with Crippen LogP contribution in [0.2, 0.25) is 0 Å². The number of ether oxygens (including phenoxy) is 1. The second-order valence-electron chi connectivity index (χ2n) is 3.70. The summed E-state index contributed by atoms with van der Waals surface area (Å²) in [6.45, 7) is 3.29. The van der Waals surface area contributed by atoms with E-state index in [4.69, 9.17) is 10.5 Å². The molecule has 0 bridgehead atoms. The van der Waals surface area contributed by atoms with Crippen molar-refractivity contribution < 1.29 is 9.53 Å². The van der Waals surface area contributed by atoms with Crippen LogP contribution in [0.25, 0.3) is 0 Å². The summed E-state index contributed by atoms with van der Waals surface area (Å²) in [5.74, 6) is 0.0286. The maximum absolute atomic E-state index is 11.9. The van der Waals surface area contributed by atoms with E-state index >= 15 is 0 Å². The zero-order valence-corrected chi connectivity index (χ0v) is 10.8. The predicted molar refractivity (Wildman–Crippen MR) is 66.9 cm³/mol. The number of methoxy groups -OCH3 is 1. The lowest BCUT2D eigenvalue weighted by atomic mass is 10.3. The Morgan fingerprint density at radius 1 is 1.62 bits per heavy atom. The zero-order valence-electron chi connectivity index (χ0n) is 9.95. The normalized spacial score (nSPS) is 10.4. The number of thiophene rings is 1. The summed E-state index contributed by atoms with van der Waals surface area (Å²) < 4.78 is 4.95. The van der Waals surface area contributed by atoms with Gasteiger partial charge in [0.25, 0.3) is 5.91 Å². The molecule has 1 aromatic rings. The predicted octanol–water partition coefficient (Wildman–Crippen LogP) is 1.75. The van der Waals surface area contributed by atoms with Gasteiger partial charge < -0.3 is 15.4 Å². The Labute approximate surface area is 100 Å². The lowest BCUT2D eigenvalue weighted by molar-refractivity contribution is 0.0784. The minimum atomic E-state index is 0.0286. The van der Waals surface area contributed by atoms with E-state index in [9.17, 15) is 4.79 Å². The molecule has 2 N–H and O–H groups in total. The SMILES string of the molecule is COCCCN(C)C(=O)c1cc(N)c(C)s1. The summed E-state index contributed by atoms with van der Waals surface area (Å²) in [4.78, 5) is 15.3. The van der Waals surface area contributed by atoms with Gasteiger partial charge in [-0.15, -0.1) is 11.3 Å². The first-order valence-corrected chi connectivity index (χ1v) is 5.98. The highest BCUT2D eigenvalue weighted by molar-refractivity contribution is 7.14. The van der Waals surface area contributed by atoms with Crippen molar-refractivity contribution in [2.75, 3.05) is 33.0 Å². The Kier molecular flexibility index (Phi) is 4.76. The summed E-state index contributed by atoms with van der Waals surface area (Å²) in [7, 11) is 3.45. The molecule has 90 valence electrons. The van der Waals surface area contributed by atoms with E-state index in [1.165, 1.54) is 11.3 Å². The third kappa shape index (κ3) is 3.21. The average molecular weight is 242 g/mol. The zero-order chi connectivity index (χ0) is 12.1. The number of nitrogens with two attached hydrogens (primary N) is 1. The molecule has 5 heteroatoms. The molecule has 16 heavy (non-hydrogen) atoms. The van der Waals surface area contributed by atoms with Gasteiger partial charge in [0.15, 0.2) is 0 Å². The number of nitrogens with zero attached hydrogens (tertiary/aromatic N) is 1. The molecule has 0 saturated heterocycles. The van der Waals surface area contributed by atoms with E-state index in [1.54, 1.807) is 25.1 Å². The van der Waals surface area contributed by atoms with Crippen LogP contribution in [0.1, 0.15) is 21.0 Å². The van der Waals surface area contributed by atoms with Gasteiger partial charge in [-0.05, 0) is 19.4 Å². The topological polar surface area (TPSA) is 55.6 Å². The third-order valence-corrected chi connectivity index (χ3v) is 3.41. The molecule has 0 aliphatic heterocycles. The molecule has 0 atom stereocenters. The molecule has 4 nitrogen and oxygen atoms in total. The van der Waals surface area contributed by atoms with Crippen LogP contribution in [0.4, 0.5) is 5.69 Å². The quantitative estimate of drug-likeness (QED) is 0.800. The summed E-state index contributed by atoms with van der Waals surface area (Å²) >= 11 is 1.44. The molecular formula is C11H18N2O2S. The first-order valence-electron chi connectivity index (χ1n) is 5.16. The fourth-order valence-electron chi connectivity index (χ4n) is 1.34. The van der Waals surface area contributed by atoms with Crippen LogP contribution in [-0.4, -0.2) is 38.1 Å². The van der Waals surface area contributed by atoms with Crippen LogP contribution in [0.15, 0.2) is 6.07 Å². The van der Waals surface area contributed by atoms with Crippen molar-refractivity contribution in [1.29, 1.82) is 0 Å². The number of hydrogen-bond acceptors (Lipinski definition) is 4. The van der Waals surface area contributed by atoms with Crippen molar-refractivity contribution in [3.63, 3.8) is 0 Å². The summed E-state index contributed by atoms with van der Waals surface area (Å²) in [6.07, 6.45) is 0.846. The Morgan fingerprint density at radius 3 is 2.81 bits per heavy atom. The number of anilines is 1. The first kappa shape index (κ1) is 13.0. The van der Waals surface area contributed by atoms with Crippen molar-refractivity contribution in [3.8, 4) is 0 Å². The van der Waals surface area contributed by atoms with Crippen molar-refractivity contribution in [1.82, 2.24) is 4.90 Å². The molecule has 1 heterocycles. The van der Waals surface area contributed by atoms with E-state index in [2.05, 4.69) is 0 Å². The van der Waals surface area contributed by atoms with Gasteiger partial charge in [-0.1, -0.05) is 0 Å². The monoisotopic (exact) mass is 242 g/mol. The van der Waals surface area contributed by atoms with Crippen molar-refractivity contribution >= 4 is 22.9 Å². The van der Waals surface area contributed by atoms with Crippen LogP contribution in [0.5, 0.6) is 0 Å². The highest BCUT2D eigenvalue weighted by Crippen LogP contribution is 2.24. The maximum Gasteiger partial charge on any atom is 0.263 e. The average Bonchev–Trinajstić information content (AvgIpc) is 2.58. The molecule has 0 spiro atoms. The molecule has 1 aromatic heterocycles. The van der Waals surface area contributed by atoms with Gasteiger partial charge in [-0.25, -0.2) is 0 Å². The van der Waals surface area contributed by atoms with E-state index in [0.717, 1.165) is 11.3 Å². The molecule has 1 amide bonds. The van der Waals surface area contributed by atoms with Crippen molar-refractivity contribution in [2.24, 2.45) is 0 Å². The molecule has 0 saturated carbocycles. The highest BCUT2D eigenvalue weighted by Gasteiger charge is 2.14. The lowest BCUT2D eigenvalue weighted by Crippen LogP contribution is -2.27. The van der Waals surface area contributed by atoms with Crippen molar-refractivity contribution in [2.45, 2.75) is 13.3 Å². The standard InChI is InChI=1S/C11H18N2O2S/c1-8-9(12)7-10(16-8)11(14)13(2)5-4-6-15-3/h7H,4-6,12H2,1-3H3. The number of carbonyl (C=O) groups is 1. The van der Waals surface area contributed by atoms with Gasteiger partial charge in [0.2, 0.25) is 0 Å². The number of nitrogen functional groups attached to an aromatic ring is 1. The van der Waals surface area contributed by atoms with Gasteiger partial charge >= 0.3 is 0 Å². The van der Waals surface area contributed by atoms with E-state index in [-0.39, 0.29) is 5.91 Å². The first-order chi connectivity index (χ1) is 7.56. The molecule has 0 fully saturated rings. The largest absolute Gasteiger partial charge is 0.398 e. The number of rotatable bonds is 5. The third-order valence-electron chi connectivity index (χ3n) is 2.36. The molecule has 0 radical (unpaired) electrons. The van der Waals surface area contributed by atoms with E-state index in [1.807, 2.05) is 6.92 Å². The number of aryl methyl sites for hydroxylation is 1. The van der Waals surface area contributed by atoms with Crippen LogP contribution in [0.3, 0.4) is 0 Å². The maximum atomic E-state index is 11.9. The molecule has 1 rings (SSSR count). The Hall–Kier alpha value is -1.07. The summed E-state index contributed by atoms with van der Waals surface area (Å²) in [6, 6.07) is 1.75. The highest BCUT2D eigenvalue weighted by atomic mass is 32.1. The summed E-state index contributed by atoms with van der Waals surface area (Å²) in [5.41, 5.74) is 6.41. The van der Waals surface area contributed by atoms with Gasteiger partial charge in [0.1, 0.15) is 0 Å². The van der Waals surface area contributed by atoms with Crippen LogP contribution in [-0.2, 0) is 4.74 Å². The van der Waals surface area contributed by atoms with Crippen LogP contribution < -0.4 is 5.73 Å². The van der Waals surface area contributed by atoms with Gasteiger partial charge in [0, 0.05) is 37.9 Å². The Morgan fingerprint density at radius 2 is 2.31 bits per heavy atom. The molecule has 0 unspecified atom stereocenters. The fraction of sp³-hybridized carbons (Fsp3) is 0.545. The smallest absolute Gasteiger partial charge is 0.263 e. The Balaban J connectivity index is 2.56. The van der Waals surface area contributed by atoms with Crippen LogP contribution >= 0.6 is 11.3 Å². The second-order valence-corrected chi connectivity index (χ2v) is 4.95. The molecule has 0 aromatic carbocycles. The Bertz CT molecular complexity index is 343. The lowest BCUT2D eigenvalue weighted by Gasteiger charge is -2.15. The van der Waals surface area contributed by atoms with Crippen molar-refractivity contribution in [3.05, 3.63) is 15.8 Å². The number of carbonyl (C=O) groups excluding carboxylic acids is 1. The molecule has 0 aliphatic rings. The van der Waals surface area contributed by atoms with E-state index < -0.39 is 0 Å². The number of hydrogen-bond donors (Lipinski definition) is 1. The second kappa shape index (κ2) is 5.86. The number of amides is 1. The van der Waals surface area contributed by atoms with Crippen LogP contribution in [0, 0.1) is 6.92 Å². The molecular weight excluding hydrogens is 224 g/mol. The minimum Gasteiger partial charge on any atom is -0.398 e. The fourth-order valence-corrected chi connectivity index (χ4v) is 2.27.